The Kier molecular flexibility index (Phi) is 5.58. The number of hydrogen-bond acceptors (Lipinski definition) is 4. The standard InChI is InChI=1S/C15H27N3O3/c1-2-4-15(5-3-6-16-12-15)14(21)18-9-7-17(8-10-18)11-13(19)20/h16H,2-12H2,1H3,(H,19,20). The fourth-order valence-electron chi connectivity index (χ4n) is 3.59. The minimum absolute atomic E-state index is 0.0731. The van der Waals surface area contributed by atoms with Gasteiger partial charge in [-0.25, -0.2) is 0 Å². The maximum Gasteiger partial charge on any atom is 0.317 e. The van der Waals surface area contributed by atoms with Crippen LogP contribution < -0.4 is 5.32 Å². The van der Waals surface area contributed by atoms with E-state index in [2.05, 4.69) is 12.2 Å². The molecule has 2 heterocycles. The van der Waals surface area contributed by atoms with E-state index in [1.165, 1.54) is 0 Å². The normalized spacial score (nSPS) is 27.6. The van der Waals surface area contributed by atoms with Crippen molar-refractivity contribution in [2.75, 3.05) is 45.8 Å². The zero-order valence-corrected chi connectivity index (χ0v) is 12.9. The Balaban J connectivity index is 1.94. The number of carbonyl (C=O) groups excluding carboxylic acids is 1. The zero-order chi connectivity index (χ0) is 15.3. The summed E-state index contributed by atoms with van der Waals surface area (Å²) in [6.07, 6.45) is 3.99. The average molecular weight is 297 g/mol. The summed E-state index contributed by atoms with van der Waals surface area (Å²) in [4.78, 5) is 27.5. The number of nitrogens with one attached hydrogen (secondary N) is 1. The molecule has 0 saturated carbocycles. The molecule has 0 aromatic carbocycles. The van der Waals surface area contributed by atoms with Crippen molar-refractivity contribution in [1.82, 2.24) is 15.1 Å². The zero-order valence-electron chi connectivity index (χ0n) is 12.9. The Morgan fingerprint density at radius 2 is 1.95 bits per heavy atom. The van der Waals surface area contributed by atoms with Gasteiger partial charge in [0.1, 0.15) is 0 Å². The lowest BCUT2D eigenvalue weighted by molar-refractivity contribution is -0.146. The van der Waals surface area contributed by atoms with Crippen molar-refractivity contribution in [2.24, 2.45) is 5.41 Å². The number of nitrogens with zero attached hydrogens (tertiary/aromatic N) is 2. The molecule has 1 unspecified atom stereocenters. The van der Waals surface area contributed by atoms with Gasteiger partial charge in [0, 0.05) is 32.7 Å². The van der Waals surface area contributed by atoms with Crippen molar-refractivity contribution in [1.29, 1.82) is 0 Å². The first-order valence-electron chi connectivity index (χ1n) is 8.02. The fraction of sp³-hybridized carbons (Fsp3) is 0.867. The van der Waals surface area contributed by atoms with Gasteiger partial charge in [-0.15, -0.1) is 0 Å². The summed E-state index contributed by atoms with van der Waals surface area (Å²) in [6, 6.07) is 0. The van der Waals surface area contributed by atoms with Gasteiger partial charge in [0.15, 0.2) is 0 Å². The molecule has 2 saturated heterocycles. The van der Waals surface area contributed by atoms with Gasteiger partial charge in [0.2, 0.25) is 5.91 Å². The van der Waals surface area contributed by atoms with Crippen LogP contribution in [0.15, 0.2) is 0 Å². The molecular formula is C15H27N3O3. The number of amides is 1. The van der Waals surface area contributed by atoms with E-state index in [4.69, 9.17) is 5.11 Å². The van der Waals surface area contributed by atoms with Crippen LogP contribution in [0, 0.1) is 5.41 Å². The topological polar surface area (TPSA) is 72.9 Å². The van der Waals surface area contributed by atoms with Gasteiger partial charge in [0.25, 0.3) is 0 Å². The van der Waals surface area contributed by atoms with Crippen molar-refractivity contribution in [2.45, 2.75) is 32.6 Å². The van der Waals surface area contributed by atoms with E-state index in [9.17, 15) is 9.59 Å². The summed E-state index contributed by atoms with van der Waals surface area (Å²) in [6.45, 7) is 6.62. The molecule has 2 aliphatic heterocycles. The first kappa shape index (κ1) is 16.2. The Bertz CT molecular complexity index is 367. The summed E-state index contributed by atoms with van der Waals surface area (Å²) in [7, 11) is 0. The molecule has 1 atom stereocenters. The van der Waals surface area contributed by atoms with Crippen LogP contribution in [0.4, 0.5) is 0 Å². The highest BCUT2D eigenvalue weighted by Gasteiger charge is 2.41. The van der Waals surface area contributed by atoms with Crippen LogP contribution in [0.1, 0.15) is 32.6 Å². The highest BCUT2D eigenvalue weighted by Crippen LogP contribution is 2.34. The predicted octanol–water partition coefficient (Wildman–Crippen LogP) is 0.385. The number of hydrogen-bond donors (Lipinski definition) is 2. The van der Waals surface area contributed by atoms with Crippen LogP contribution in [-0.2, 0) is 9.59 Å². The summed E-state index contributed by atoms with van der Waals surface area (Å²) >= 11 is 0. The molecule has 21 heavy (non-hydrogen) atoms. The van der Waals surface area contributed by atoms with E-state index in [0.717, 1.165) is 38.8 Å². The van der Waals surface area contributed by atoms with Crippen LogP contribution in [-0.4, -0.2) is 72.6 Å². The van der Waals surface area contributed by atoms with Crippen molar-refractivity contribution in [3.05, 3.63) is 0 Å². The number of piperazine rings is 1. The minimum atomic E-state index is -0.797. The quantitative estimate of drug-likeness (QED) is 0.768. The first-order chi connectivity index (χ1) is 10.1. The van der Waals surface area contributed by atoms with E-state index in [1.54, 1.807) is 0 Å². The van der Waals surface area contributed by atoms with E-state index in [0.29, 0.717) is 26.2 Å². The maximum absolute atomic E-state index is 12.9. The van der Waals surface area contributed by atoms with Crippen LogP contribution in [0.2, 0.25) is 0 Å². The monoisotopic (exact) mass is 297 g/mol. The highest BCUT2D eigenvalue weighted by molar-refractivity contribution is 5.83. The molecule has 0 radical (unpaired) electrons. The smallest absolute Gasteiger partial charge is 0.317 e. The lowest BCUT2D eigenvalue weighted by Gasteiger charge is -2.43. The third-order valence-corrected chi connectivity index (χ3v) is 4.67. The lowest BCUT2D eigenvalue weighted by Crippen LogP contribution is -2.57. The molecule has 6 nitrogen and oxygen atoms in total. The number of carboxylic acid groups (broad SMARTS) is 1. The number of rotatable bonds is 5. The molecule has 2 fully saturated rings. The van der Waals surface area contributed by atoms with Crippen LogP contribution >= 0.6 is 0 Å². The highest BCUT2D eigenvalue weighted by atomic mass is 16.4. The van der Waals surface area contributed by atoms with Crippen LogP contribution in [0.3, 0.4) is 0 Å². The van der Waals surface area contributed by atoms with Gasteiger partial charge in [-0.1, -0.05) is 13.3 Å². The molecule has 0 bridgehead atoms. The first-order valence-corrected chi connectivity index (χ1v) is 8.02. The summed E-state index contributed by atoms with van der Waals surface area (Å²) in [5.41, 5.74) is -0.234. The van der Waals surface area contributed by atoms with Gasteiger partial charge in [0.05, 0.1) is 12.0 Å². The van der Waals surface area contributed by atoms with Crippen molar-refractivity contribution in [3.8, 4) is 0 Å². The molecule has 0 aliphatic carbocycles. The van der Waals surface area contributed by atoms with Gasteiger partial charge >= 0.3 is 5.97 Å². The summed E-state index contributed by atoms with van der Waals surface area (Å²) in [5, 5.41) is 12.2. The van der Waals surface area contributed by atoms with Crippen molar-refractivity contribution >= 4 is 11.9 Å². The predicted molar refractivity (Wildman–Crippen MR) is 80.1 cm³/mol. The second-order valence-electron chi connectivity index (χ2n) is 6.27. The lowest BCUT2D eigenvalue weighted by atomic mass is 9.75. The SMILES string of the molecule is CCCC1(C(=O)N2CCN(CC(=O)O)CC2)CCCNC1. The van der Waals surface area contributed by atoms with Crippen LogP contribution in [0.25, 0.3) is 0 Å². The van der Waals surface area contributed by atoms with E-state index in [-0.39, 0.29) is 17.9 Å². The van der Waals surface area contributed by atoms with Gasteiger partial charge < -0.3 is 15.3 Å². The van der Waals surface area contributed by atoms with Gasteiger partial charge in [-0.3, -0.25) is 14.5 Å². The molecule has 2 aliphatic rings. The van der Waals surface area contributed by atoms with Crippen molar-refractivity contribution < 1.29 is 14.7 Å². The largest absolute Gasteiger partial charge is 0.480 e. The molecule has 6 heteroatoms. The third-order valence-electron chi connectivity index (χ3n) is 4.67. The summed E-state index contributed by atoms with van der Waals surface area (Å²) in [5.74, 6) is -0.528. The molecule has 0 aromatic heterocycles. The number of carboxylic acids is 1. The Hall–Kier alpha value is -1.14. The van der Waals surface area contributed by atoms with E-state index < -0.39 is 5.97 Å². The second-order valence-corrected chi connectivity index (χ2v) is 6.27. The summed E-state index contributed by atoms with van der Waals surface area (Å²) < 4.78 is 0. The molecule has 2 rings (SSSR count). The van der Waals surface area contributed by atoms with E-state index >= 15 is 0 Å². The maximum atomic E-state index is 12.9. The van der Waals surface area contributed by atoms with Crippen molar-refractivity contribution in [3.63, 3.8) is 0 Å². The number of carbonyl (C=O) groups is 2. The molecule has 120 valence electrons. The Morgan fingerprint density at radius 3 is 2.48 bits per heavy atom. The third kappa shape index (κ3) is 3.95. The molecular weight excluding hydrogens is 270 g/mol. The van der Waals surface area contributed by atoms with Crippen LogP contribution in [0.5, 0.6) is 0 Å². The average Bonchev–Trinajstić information content (AvgIpc) is 2.48. The van der Waals surface area contributed by atoms with Gasteiger partial charge in [-0.2, -0.15) is 0 Å². The second kappa shape index (κ2) is 7.22. The number of aliphatic carboxylic acids is 1. The molecule has 0 spiro atoms. The van der Waals surface area contributed by atoms with E-state index in [1.807, 2.05) is 9.80 Å². The number of piperidine rings is 1. The van der Waals surface area contributed by atoms with Gasteiger partial charge in [-0.05, 0) is 25.8 Å². The fourth-order valence-corrected chi connectivity index (χ4v) is 3.59. The Morgan fingerprint density at radius 1 is 1.24 bits per heavy atom. The molecule has 0 aromatic rings. The molecule has 1 amide bonds. The molecule has 2 N–H and O–H groups in total. The Labute approximate surface area is 126 Å². The minimum Gasteiger partial charge on any atom is -0.480 e.